The third kappa shape index (κ3) is 0.856. The van der Waals surface area contributed by atoms with Gasteiger partial charge in [0.2, 0.25) is 0 Å². The van der Waals surface area contributed by atoms with Crippen LogP contribution in [0.4, 0.5) is 0 Å². The van der Waals surface area contributed by atoms with Crippen molar-refractivity contribution in [1.29, 1.82) is 0 Å². The largest absolute Gasteiger partial charge is 0.390 e. The summed E-state index contributed by atoms with van der Waals surface area (Å²) in [6.07, 6.45) is 1.83. The Balaban J connectivity index is 2.09. The van der Waals surface area contributed by atoms with Crippen LogP contribution in [0.3, 0.4) is 0 Å². The van der Waals surface area contributed by atoms with Crippen LogP contribution in [-0.4, -0.2) is 34.5 Å². The topological polar surface area (TPSA) is 52.5 Å². The molecule has 3 nitrogen and oxygen atoms in total. The Morgan fingerprint density at radius 3 is 2.80 bits per heavy atom. The second-order valence-electron chi connectivity index (χ2n) is 3.34. The van der Waals surface area contributed by atoms with Gasteiger partial charge in [0.25, 0.3) is 0 Å². The molecule has 2 aliphatic rings. The second kappa shape index (κ2) is 2.19. The van der Waals surface area contributed by atoms with Gasteiger partial charge in [-0.15, -0.1) is 0 Å². The zero-order valence-corrected chi connectivity index (χ0v) is 5.83. The fraction of sp³-hybridized carbons (Fsp3) is 1.00. The first-order chi connectivity index (χ1) is 4.77. The quantitative estimate of drug-likeness (QED) is 0.417. The zero-order valence-electron chi connectivity index (χ0n) is 5.83. The molecule has 0 aromatic rings. The summed E-state index contributed by atoms with van der Waals surface area (Å²) in [5.74, 6) is 0. The van der Waals surface area contributed by atoms with Crippen LogP contribution in [-0.2, 0) is 0 Å². The maximum Gasteiger partial charge on any atom is 0.0952 e. The van der Waals surface area contributed by atoms with Crippen molar-refractivity contribution >= 4 is 0 Å². The van der Waals surface area contributed by atoms with Crippen LogP contribution in [0.15, 0.2) is 0 Å². The summed E-state index contributed by atoms with van der Waals surface area (Å²) < 4.78 is 0. The average molecular weight is 143 g/mol. The number of piperidine rings is 1. The zero-order chi connectivity index (χ0) is 7.14. The number of rotatable bonds is 0. The highest BCUT2D eigenvalue weighted by Gasteiger charge is 2.39. The van der Waals surface area contributed by atoms with E-state index in [-0.39, 0.29) is 6.04 Å². The van der Waals surface area contributed by atoms with E-state index >= 15 is 0 Å². The highest BCUT2D eigenvalue weighted by Crippen LogP contribution is 2.26. The van der Waals surface area contributed by atoms with Crippen molar-refractivity contribution in [3.8, 4) is 0 Å². The smallest absolute Gasteiger partial charge is 0.0952 e. The predicted molar refractivity (Wildman–Crippen MR) is 36.6 cm³/mol. The number of hydrogen-bond acceptors (Lipinski definition) is 3. The number of hydrogen-bond donors (Lipinski definition) is 3. The average Bonchev–Trinajstić information content (AvgIpc) is 2.29. The second-order valence-corrected chi connectivity index (χ2v) is 3.34. The molecule has 2 heterocycles. The van der Waals surface area contributed by atoms with E-state index in [1.165, 1.54) is 0 Å². The van der Waals surface area contributed by atoms with E-state index in [4.69, 9.17) is 0 Å². The van der Waals surface area contributed by atoms with Crippen LogP contribution in [0.25, 0.3) is 0 Å². The molecule has 2 fully saturated rings. The van der Waals surface area contributed by atoms with Gasteiger partial charge in [0.1, 0.15) is 0 Å². The Kier molecular flexibility index (Phi) is 1.44. The highest BCUT2D eigenvalue weighted by molar-refractivity contribution is 4.97. The van der Waals surface area contributed by atoms with Gasteiger partial charge < -0.3 is 15.5 Å². The maximum absolute atomic E-state index is 9.35. The summed E-state index contributed by atoms with van der Waals surface area (Å²) in [5, 5.41) is 21.9. The lowest BCUT2D eigenvalue weighted by Gasteiger charge is -2.30. The van der Waals surface area contributed by atoms with Crippen molar-refractivity contribution in [3.05, 3.63) is 0 Å². The van der Waals surface area contributed by atoms with Gasteiger partial charge in [0, 0.05) is 12.1 Å². The summed E-state index contributed by atoms with van der Waals surface area (Å²) in [6, 6.07) is 0.622. The monoisotopic (exact) mass is 143 g/mol. The van der Waals surface area contributed by atoms with Gasteiger partial charge in [0.05, 0.1) is 12.2 Å². The first-order valence-electron chi connectivity index (χ1n) is 3.89. The molecule has 58 valence electrons. The van der Waals surface area contributed by atoms with Crippen molar-refractivity contribution in [2.45, 2.75) is 43.6 Å². The van der Waals surface area contributed by atoms with Crippen molar-refractivity contribution in [1.82, 2.24) is 5.32 Å². The lowest BCUT2D eigenvalue weighted by atomic mass is 10.00. The molecule has 3 N–H and O–H groups in total. The SMILES string of the molecule is O[C@@H]1[C@H](O)C[C@H]2CC[C@@H]1N2. The number of fused-ring (bicyclic) bond motifs is 2. The molecular formula is C7H13NO2. The molecule has 0 aromatic carbocycles. The first-order valence-corrected chi connectivity index (χ1v) is 3.89. The van der Waals surface area contributed by atoms with Crippen LogP contribution in [0.2, 0.25) is 0 Å². The Bertz CT molecular complexity index is 140. The molecule has 0 aliphatic carbocycles. The van der Waals surface area contributed by atoms with Gasteiger partial charge in [-0.2, -0.15) is 0 Å². The minimum Gasteiger partial charge on any atom is -0.390 e. The van der Waals surface area contributed by atoms with E-state index in [0.29, 0.717) is 6.04 Å². The van der Waals surface area contributed by atoms with Crippen molar-refractivity contribution in [3.63, 3.8) is 0 Å². The minimum absolute atomic E-state index is 0.161. The molecule has 0 saturated carbocycles. The molecule has 2 bridgehead atoms. The van der Waals surface area contributed by atoms with Gasteiger partial charge >= 0.3 is 0 Å². The molecule has 2 saturated heterocycles. The number of aliphatic hydroxyl groups excluding tert-OH is 2. The van der Waals surface area contributed by atoms with E-state index < -0.39 is 12.2 Å². The number of nitrogens with one attached hydrogen (secondary N) is 1. The molecule has 0 radical (unpaired) electrons. The van der Waals surface area contributed by atoms with Gasteiger partial charge in [-0.25, -0.2) is 0 Å². The Morgan fingerprint density at radius 2 is 2.00 bits per heavy atom. The molecule has 4 atom stereocenters. The van der Waals surface area contributed by atoms with E-state index in [0.717, 1.165) is 19.3 Å². The van der Waals surface area contributed by atoms with Gasteiger partial charge in [-0.05, 0) is 19.3 Å². The fourth-order valence-electron chi connectivity index (χ4n) is 2.00. The van der Waals surface area contributed by atoms with Gasteiger partial charge in [-0.1, -0.05) is 0 Å². The van der Waals surface area contributed by atoms with E-state index in [9.17, 15) is 10.2 Å². The summed E-state index contributed by atoms with van der Waals surface area (Å²) in [7, 11) is 0. The number of aliphatic hydroxyl groups is 2. The fourth-order valence-corrected chi connectivity index (χ4v) is 2.00. The molecule has 0 amide bonds. The molecule has 2 rings (SSSR count). The summed E-state index contributed by atoms with van der Waals surface area (Å²) in [4.78, 5) is 0. The maximum atomic E-state index is 9.35. The normalized spacial score (nSPS) is 53.4. The van der Waals surface area contributed by atoms with E-state index in [1.807, 2.05) is 0 Å². The van der Waals surface area contributed by atoms with Crippen LogP contribution < -0.4 is 5.32 Å². The molecule has 0 aromatic heterocycles. The Hall–Kier alpha value is -0.120. The molecule has 0 spiro atoms. The molecule has 3 heteroatoms. The van der Waals surface area contributed by atoms with Crippen LogP contribution in [0, 0.1) is 0 Å². The van der Waals surface area contributed by atoms with E-state index in [1.54, 1.807) is 0 Å². The summed E-state index contributed by atoms with van der Waals surface area (Å²) in [6.45, 7) is 0. The molecular weight excluding hydrogens is 130 g/mol. The lowest BCUT2D eigenvalue weighted by molar-refractivity contribution is -0.0237. The molecule has 2 aliphatic heterocycles. The summed E-state index contributed by atoms with van der Waals surface area (Å²) in [5.41, 5.74) is 0. The Morgan fingerprint density at radius 1 is 1.20 bits per heavy atom. The molecule has 10 heavy (non-hydrogen) atoms. The lowest BCUT2D eigenvalue weighted by Crippen LogP contribution is -2.51. The van der Waals surface area contributed by atoms with Crippen molar-refractivity contribution < 1.29 is 10.2 Å². The predicted octanol–water partition coefficient (Wildman–Crippen LogP) is -0.768. The Labute approximate surface area is 60.1 Å². The highest BCUT2D eigenvalue weighted by atomic mass is 16.3. The van der Waals surface area contributed by atoms with E-state index in [2.05, 4.69) is 5.32 Å². The van der Waals surface area contributed by atoms with Crippen LogP contribution in [0.1, 0.15) is 19.3 Å². The minimum atomic E-state index is -0.529. The third-order valence-corrected chi connectivity index (χ3v) is 2.61. The molecule has 0 unspecified atom stereocenters. The van der Waals surface area contributed by atoms with Gasteiger partial charge in [-0.3, -0.25) is 0 Å². The standard InChI is InChI=1S/C7H13NO2/c9-6-3-4-1-2-5(8-4)7(6)10/h4-10H,1-3H2/t4-,5+,6-,7+/m1/s1. The van der Waals surface area contributed by atoms with Gasteiger partial charge in [0.15, 0.2) is 0 Å². The summed E-state index contributed by atoms with van der Waals surface area (Å²) >= 11 is 0. The van der Waals surface area contributed by atoms with Crippen molar-refractivity contribution in [2.75, 3.05) is 0 Å². The van der Waals surface area contributed by atoms with Crippen LogP contribution >= 0.6 is 0 Å². The third-order valence-electron chi connectivity index (χ3n) is 2.61. The first kappa shape index (κ1) is 6.58. The van der Waals surface area contributed by atoms with Crippen molar-refractivity contribution in [2.24, 2.45) is 0 Å². The van der Waals surface area contributed by atoms with Crippen LogP contribution in [0.5, 0.6) is 0 Å².